The molecular formula is C53H54Hf. The molecule has 0 fully saturated rings. The molecule has 0 nitrogen and oxygen atoms in total. The molecule has 0 saturated heterocycles. The fraction of sp³-hybridized carbons (Fsp3) is 0.226. The minimum absolute atomic E-state index is 0.362. The maximum absolute atomic E-state index is 4.49. The van der Waals surface area contributed by atoms with Crippen molar-refractivity contribution in [3.8, 4) is 22.3 Å². The summed E-state index contributed by atoms with van der Waals surface area (Å²) in [6.07, 6.45) is 12.3. The van der Waals surface area contributed by atoms with Crippen LogP contribution in [0, 0.1) is 0 Å². The molecule has 0 N–H and O–H groups in total. The van der Waals surface area contributed by atoms with Gasteiger partial charge < -0.3 is 0 Å². The quantitative estimate of drug-likeness (QED) is 0.120. The van der Waals surface area contributed by atoms with Crippen LogP contribution in [0.2, 0.25) is 9.36 Å². The van der Waals surface area contributed by atoms with E-state index < -0.39 is 18.0 Å². The van der Waals surface area contributed by atoms with Crippen LogP contribution < -0.4 is 0 Å². The Bertz CT molecular complexity index is 2280. The van der Waals surface area contributed by atoms with Gasteiger partial charge in [0.2, 0.25) is 0 Å². The fourth-order valence-electron chi connectivity index (χ4n) is 9.79. The summed E-state index contributed by atoms with van der Waals surface area (Å²) in [6, 6.07) is 55.3. The second-order valence-electron chi connectivity index (χ2n) is 17.4. The Kier molecular flexibility index (Phi) is 9.90. The number of rotatable bonds is 10. The van der Waals surface area contributed by atoms with Crippen LogP contribution in [0.5, 0.6) is 0 Å². The third-order valence-corrected chi connectivity index (χ3v) is 39.8. The van der Waals surface area contributed by atoms with Crippen molar-refractivity contribution in [3.05, 3.63) is 202 Å². The monoisotopic (exact) mass is 870 g/mol. The predicted molar refractivity (Wildman–Crippen MR) is 233 cm³/mol. The predicted octanol–water partition coefficient (Wildman–Crippen LogP) is 14.5. The molecule has 2 unspecified atom stereocenters. The van der Waals surface area contributed by atoms with Gasteiger partial charge in [0.05, 0.1) is 0 Å². The summed E-state index contributed by atoms with van der Waals surface area (Å²) in [4.78, 5) is 0. The third kappa shape index (κ3) is 6.53. The van der Waals surface area contributed by atoms with Crippen molar-refractivity contribution in [2.24, 2.45) is 0 Å². The Hall–Kier alpha value is -4.46. The first kappa shape index (κ1) is 36.5. The van der Waals surface area contributed by atoms with Gasteiger partial charge in [0.15, 0.2) is 0 Å². The molecule has 8 rings (SSSR count). The summed E-state index contributed by atoms with van der Waals surface area (Å²) in [5, 5.41) is 0. The molecule has 6 aromatic rings. The van der Waals surface area contributed by atoms with Gasteiger partial charge in [0, 0.05) is 0 Å². The minimum atomic E-state index is -4.49. The van der Waals surface area contributed by atoms with Gasteiger partial charge in [-0.05, 0) is 0 Å². The van der Waals surface area contributed by atoms with Crippen LogP contribution in [-0.4, -0.2) is 3.26 Å². The van der Waals surface area contributed by atoms with Crippen molar-refractivity contribution in [3.63, 3.8) is 0 Å². The van der Waals surface area contributed by atoms with E-state index in [0.717, 1.165) is 12.8 Å². The molecule has 2 aliphatic carbocycles. The molecule has 270 valence electrons. The van der Waals surface area contributed by atoms with E-state index in [-0.39, 0.29) is 0 Å². The molecular weight excluding hydrogens is 815 g/mol. The normalized spacial score (nSPS) is 16.2. The van der Waals surface area contributed by atoms with Gasteiger partial charge in [-0.1, -0.05) is 0 Å². The molecule has 1 heteroatoms. The number of hydrogen-bond acceptors (Lipinski definition) is 0. The van der Waals surface area contributed by atoms with Gasteiger partial charge >= 0.3 is 327 Å². The second-order valence-corrected chi connectivity index (χ2v) is 43.2. The SMILES string of the molecule is CC(C)c1cccc(-c2cccc3c2C=C[CH]3[Hf]([CH3])([CH3])(=[C](Cc2ccccc2)Cc2ccccc2)[CH]2C=Cc3c(-c4cccc(C(C)C)c4)cccc32)c1. The van der Waals surface area contributed by atoms with Crippen LogP contribution in [-0.2, 0) is 30.9 Å². The Morgan fingerprint density at radius 1 is 0.481 bits per heavy atom. The maximum atomic E-state index is 2.82. The first-order valence-corrected chi connectivity index (χ1v) is 33.2. The topological polar surface area (TPSA) is 0 Å². The number of benzene rings is 6. The summed E-state index contributed by atoms with van der Waals surface area (Å²) in [7, 11) is 0. The van der Waals surface area contributed by atoms with Gasteiger partial charge in [0.1, 0.15) is 0 Å². The van der Waals surface area contributed by atoms with Crippen LogP contribution in [0.1, 0.15) is 91.4 Å². The van der Waals surface area contributed by atoms with E-state index in [2.05, 4.69) is 207 Å². The van der Waals surface area contributed by atoms with Crippen molar-refractivity contribution in [1.82, 2.24) is 0 Å². The average Bonchev–Trinajstić information content (AvgIpc) is 3.85. The van der Waals surface area contributed by atoms with Crippen LogP contribution in [0.4, 0.5) is 0 Å². The molecule has 0 spiro atoms. The molecule has 0 radical (unpaired) electrons. The van der Waals surface area contributed by atoms with E-state index in [1.54, 1.807) is 3.26 Å². The summed E-state index contributed by atoms with van der Waals surface area (Å²) in [5.41, 5.74) is 16.8. The molecule has 54 heavy (non-hydrogen) atoms. The van der Waals surface area contributed by atoms with Crippen molar-refractivity contribution in [2.45, 2.75) is 69.1 Å². The molecule has 0 aliphatic heterocycles. The Balaban J connectivity index is 1.38. The Labute approximate surface area is 324 Å². The van der Waals surface area contributed by atoms with Crippen LogP contribution >= 0.6 is 0 Å². The van der Waals surface area contributed by atoms with Gasteiger partial charge in [-0.15, -0.1) is 0 Å². The van der Waals surface area contributed by atoms with E-state index in [1.165, 1.54) is 66.8 Å². The summed E-state index contributed by atoms with van der Waals surface area (Å²) >= 11 is -4.49. The van der Waals surface area contributed by atoms with Crippen molar-refractivity contribution >= 4 is 15.4 Å². The number of allylic oxidation sites excluding steroid dienone is 2. The van der Waals surface area contributed by atoms with Crippen LogP contribution in [0.15, 0.2) is 158 Å². The van der Waals surface area contributed by atoms with Gasteiger partial charge in [-0.2, -0.15) is 0 Å². The molecule has 6 aromatic carbocycles. The standard InChI is InChI=1S/2C18H17.C15H14.2CH3.Hf/c2*1-13(2)15-8-3-9-16(12-15)18-11-5-7-14-6-4-10-17(14)18;1-3-8-14(9-4-1)12-7-13-15-10-5-2-6-11-15;;;/h2*3-13H,1-2H3;1-6,8-11H,12-13H2;2*1H3;. The second kappa shape index (κ2) is 14.6. The Morgan fingerprint density at radius 3 is 1.30 bits per heavy atom. The molecule has 2 aliphatic rings. The van der Waals surface area contributed by atoms with Gasteiger partial charge in [-0.25, -0.2) is 0 Å². The molecule has 0 bridgehead atoms. The van der Waals surface area contributed by atoms with Crippen molar-refractivity contribution < 1.29 is 18.0 Å². The van der Waals surface area contributed by atoms with Crippen molar-refractivity contribution in [2.75, 3.05) is 0 Å². The molecule has 2 atom stereocenters. The van der Waals surface area contributed by atoms with Crippen LogP contribution in [0.25, 0.3) is 34.4 Å². The van der Waals surface area contributed by atoms with E-state index in [1.807, 2.05) is 0 Å². The number of hydrogen-bond donors (Lipinski definition) is 0. The third-order valence-electron chi connectivity index (χ3n) is 13.1. The zero-order valence-electron chi connectivity index (χ0n) is 32.9. The first-order chi connectivity index (χ1) is 26.1. The first-order valence-electron chi connectivity index (χ1n) is 20.1. The fourth-order valence-corrected chi connectivity index (χ4v) is 33.5. The van der Waals surface area contributed by atoms with Crippen molar-refractivity contribution in [1.29, 1.82) is 0 Å². The average molecular weight is 870 g/mol. The molecule has 0 saturated carbocycles. The molecule has 0 aromatic heterocycles. The van der Waals surface area contributed by atoms with Gasteiger partial charge in [0.25, 0.3) is 0 Å². The molecule has 0 heterocycles. The molecule has 0 amide bonds. The van der Waals surface area contributed by atoms with E-state index >= 15 is 0 Å². The van der Waals surface area contributed by atoms with E-state index in [4.69, 9.17) is 0 Å². The summed E-state index contributed by atoms with van der Waals surface area (Å²) in [5.74, 6) is 0.980. The Morgan fingerprint density at radius 2 is 0.889 bits per heavy atom. The zero-order valence-corrected chi connectivity index (χ0v) is 36.5. The summed E-state index contributed by atoms with van der Waals surface area (Å²) < 4.78 is 8.14. The van der Waals surface area contributed by atoms with Crippen LogP contribution in [0.3, 0.4) is 0 Å². The summed E-state index contributed by atoms with van der Waals surface area (Å²) in [6.45, 7) is 9.17. The number of fused-ring (bicyclic) bond motifs is 2. The zero-order chi connectivity index (χ0) is 37.5. The van der Waals surface area contributed by atoms with E-state index in [0.29, 0.717) is 19.2 Å². The van der Waals surface area contributed by atoms with E-state index in [9.17, 15) is 0 Å². The van der Waals surface area contributed by atoms with Gasteiger partial charge in [-0.3, -0.25) is 0 Å².